The maximum atomic E-state index is 2.70. The van der Waals surface area contributed by atoms with E-state index in [1.165, 1.54) is 22.3 Å². The molecule has 0 heterocycles. The van der Waals surface area contributed by atoms with E-state index in [0.29, 0.717) is 9.54 Å². The zero-order valence-electron chi connectivity index (χ0n) is 19.6. The van der Waals surface area contributed by atoms with Gasteiger partial charge in [0.05, 0.1) is 0 Å². The van der Waals surface area contributed by atoms with Crippen molar-refractivity contribution in [2.45, 2.75) is 57.8 Å². The van der Waals surface area contributed by atoms with Gasteiger partial charge in [0.15, 0.2) is 0 Å². The molecule has 2 aromatic carbocycles. The summed E-state index contributed by atoms with van der Waals surface area (Å²) >= 11 is -1.90. The van der Waals surface area contributed by atoms with E-state index >= 15 is 0 Å². The van der Waals surface area contributed by atoms with E-state index in [9.17, 15) is 0 Å². The Morgan fingerprint density at radius 2 is 1.67 bits per heavy atom. The summed E-state index contributed by atoms with van der Waals surface area (Å²) in [5.74, 6) is 0.660. The van der Waals surface area contributed by atoms with Crippen LogP contribution in [-0.2, 0) is 26.8 Å². The molecule has 0 N–H and O–H groups in total. The van der Waals surface area contributed by atoms with Gasteiger partial charge in [-0.3, -0.25) is 0 Å². The number of rotatable bonds is 4. The monoisotopic (exact) mass is 488 g/mol. The number of benzene rings is 2. The molecule has 2 unspecified atom stereocenters. The Morgan fingerprint density at radius 3 is 2.30 bits per heavy atom. The van der Waals surface area contributed by atoms with Crippen molar-refractivity contribution in [2.24, 2.45) is 5.92 Å². The quantitative estimate of drug-likeness (QED) is 0.383. The second kappa shape index (κ2) is 8.71. The normalized spacial score (nSPS) is 20.6. The molecule has 30 heavy (non-hydrogen) atoms. The summed E-state index contributed by atoms with van der Waals surface area (Å²) < 4.78 is 2.59. The van der Waals surface area contributed by atoms with Gasteiger partial charge in [0.2, 0.25) is 0 Å². The van der Waals surface area contributed by atoms with E-state index in [-0.39, 0.29) is 5.43 Å². The van der Waals surface area contributed by atoms with Crippen LogP contribution in [0.1, 0.15) is 60.5 Å². The second-order valence-corrected chi connectivity index (χ2v) is 26.6. The first-order valence-corrected chi connectivity index (χ1v) is 20.1. The molecule has 0 saturated carbocycles. The average Bonchev–Trinajstić information content (AvgIpc) is 3.22. The van der Waals surface area contributed by atoms with E-state index in [1.54, 1.807) is 22.3 Å². The maximum absolute atomic E-state index is 2.70. The molecule has 2 atom stereocenters. The van der Waals surface area contributed by atoms with Gasteiger partial charge in [-0.1, -0.05) is 0 Å². The Labute approximate surface area is 191 Å². The van der Waals surface area contributed by atoms with Gasteiger partial charge in [0, 0.05) is 0 Å². The van der Waals surface area contributed by atoms with E-state index in [4.69, 9.17) is 0 Å². The fourth-order valence-electron chi connectivity index (χ4n) is 5.36. The van der Waals surface area contributed by atoms with Gasteiger partial charge in [-0.05, 0) is 0 Å². The van der Waals surface area contributed by atoms with Crippen molar-refractivity contribution < 1.29 is 20.4 Å². The fraction of sp³-hybridized carbons (Fsp3) is 0.357. The first-order valence-electron chi connectivity index (χ1n) is 11.3. The van der Waals surface area contributed by atoms with Gasteiger partial charge in [0.1, 0.15) is 0 Å². The molecule has 0 aliphatic heterocycles. The number of fused-ring (bicyclic) bond motifs is 1. The van der Waals surface area contributed by atoms with Crippen LogP contribution in [0.25, 0.3) is 5.57 Å². The molecule has 0 bridgehead atoms. The first-order chi connectivity index (χ1) is 14.3. The molecule has 0 radical (unpaired) electrons. The third-order valence-electron chi connectivity index (χ3n) is 7.35. The SMILES string of the molecule is CCc1cccc(C2=C[CH]([Zr]([C]3=C(C)C(C)=C(C)C3C)=[Si](C)C)c3ccccc32)c1. The molecular formula is C28H34SiZr. The van der Waals surface area contributed by atoms with E-state index < -0.39 is 20.4 Å². The third kappa shape index (κ3) is 3.65. The number of hydrogen-bond donors (Lipinski definition) is 0. The second-order valence-electron chi connectivity index (χ2n) is 9.18. The van der Waals surface area contributed by atoms with Crippen molar-refractivity contribution in [2.75, 3.05) is 0 Å². The van der Waals surface area contributed by atoms with E-state index in [1.807, 2.05) is 3.28 Å². The summed E-state index contributed by atoms with van der Waals surface area (Å²) in [5, 5.41) is 0. The van der Waals surface area contributed by atoms with Crippen LogP contribution in [0.4, 0.5) is 0 Å². The zero-order valence-corrected chi connectivity index (χ0v) is 23.0. The number of allylic oxidation sites excluding steroid dienone is 5. The molecule has 0 spiro atoms. The summed E-state index contributed by atoms with van der Waals surface area (Å²) in [5.41, 5.74) is 11.9. The zero-order chi connectivity index (χ0) is 21.6. The molecule has 4 rings (SSSR count). The van der Waals surface area contributed by atoms with Crippen LogP contribution in [0.2, 0.25) is 13.1 Å². The van der Waals surface area contributed by atoms with Crippen LogP contribution < -0.4 is 0 Å². The first kappa shape index (κ1) is 22.0. The van der Waals surface area contributed by atoms with Crippen molar-refractivity contribution in [3.8, 4) is 0 Å². The third-order valence-corrected chi connectivity index (χ3v) is 25.9. The molecule has 0 amide bonds. The van der Waals surface area contributed by atoms with Gasteiger partial charge in [-0.15, -0.1) is 0 Å². The average molecular weight is 490 g/mol. The van der Waals surface area contributed by atoms with Gasteiger partial charge >= 0.3 is 192 Å². The summed E-state index contributed by atoms with van der Waals surface area (Å²) in [6.07, 6.45) is 3.79. The summed E-state index contributed by atoms with van der Waals surface area (Å²) in [4.78, 5) is 0. The predicted octanol–water partition coefficient (Wildman–Crippen LogP) is 7.86. The molecule has 0 fully saturated rings. The molecule has 2 heteroatoms. The van der Waals surface area contributed by atoms with Gasteiger partial charge in [-0.25, -0.2) is 0 Å². The minimum atomic E-state index is -1.90. The Hall–Kier alpha value is -1.24. The summed E-state index contributed by atoms with van der Waals surface area (Å²) in [7, 11) is 0. The molecule has 2 aliphatic carbocycles. The Balaban J connectivity index is 1.90. The van der Waals surface area contributed by atoms with Crippen LogP contribution >= 0.6 is 0 Å². The van der Waals surface area contributed by atoms with E-state index in [0.717, 1.165) is 6.42 Å². The van der Waals surface area contributed by atoms with Crippen LogP contribution in [0.15, 0.2) is 74.6 Å². The van der Waals surface area contributed by atoms with Crippen molar-refractivity contribution in [3.05, 3.63) is 96.9 Å². The van der Waals surface area contributed by atoms with E-state index in [2.05, 4.69) is 102 Å². The molecule has 0 aromatic heterocycles. The van der Waals surface area contributed by atoms with Gasteiger partial charge < -0.3 is 0 Å². The Bertz CT molecular complexity index is 1140. The van der Waals surface area contributed by atoms with Crippen LogP contribution in [0, 0.1) is 5.92 Å². The standard InChI is InChI=1S/C17H15.C9H13.C2H6Si.Zr/c1-2-13-6-5-8-15(12-13)17-11-10-14-7-3-4-9-16(14)17;1-6-5-7(2)9(4)8(6)3;1-3-2;/h3-12H,2H2,1H3;6H,1-4H3;1-2H3;. The van der Waals surface area contributed by atoms with Gasteiger partial charge in [-0.2, -0.15) is 0 Å². The van der Waals surface area contributed by atoms with Crippen LogP contribution in [0.5, 0.6) is 0 Å². The molecule has 2 aliphatic rings. The predicted molar refractivity (Wildman–Crippen MR) is 130 cm³/mol. The fourth-order valence-corrected chi connectivity index (χ4v) is 25.0. The van der Waals surface area contributed by atoms with Crippen molar-refractivity contribution >= 4 is 11.0 Å². The molecule has 2 aromatic rings. The molecule has 0 saturated heterocycles. The summed E-state index contributed by atoms with van der Waals surface area (Å²) in [6, 6.07) is 18.5. The Kier molecular flexibility index (Phi) is 6.38. The number of aryl methyl sites for hydroxylation is 1. The van der Waals surface area contributed by atoms with Crippen molar-refractivity contribution in [1.29, 1.82) is 0 Å². The van der Waals surface area contributed by atoms with Gasteiger partial charge in [0.25, 0.3) is 0 Å². The van der Waals surface area contributed by atoms with Crippen LogP contribution in [0.3, 0.4) is 0 Å². The molecule has 154 valence electrons. The molecular weight excluding hydrogens is 456 g/mol. The topological polar surface area (TPSA) is 0 Å². The molecule has 0 nitrogen and oxygen atoms in total. The van der Waals surface area contributed by atoms with Crippen molar-refractivity contribution in [3.63, 3.8) is 0 Å². The summed E-state index contributed by atoms with van der Waals surface area (Å²) in [6.45, 7) is 17.1. The van der Waals surface area contributed by atoms with Crippen LogP contribution in [-0.4, -0.2) is 5.43 Å². The minimum absolute atomic E-state index is 0.342. The Morgan fingerprint density at radius 1 is 0.933 bits per heavy atom. The number of hydrogen-bond acceptors (Lipinski definition) is 0. The van der Waals surface area contributed by atoms with Crippen molar-refractivity contribution in [1.82, 2.24) is 0 Å².